The van der Waals surface area contributed by atoms with Gasteiger partial charge in [0.1, 0.15) is 5.82 Å². The Morgan fingerprint density at radius 3 is 2.88 bits per heavy atom. The molecule has 2 fully saturated rings. The maximum Gasteiger partial charge on any atom is 0.317 e. The molecule has 3 heterocycles. The van der Waals surface area contributed by atoms with Gasteiger partial charge in [-0.1, -0.05) is 12.1 Å². The quantitative estimate of drug-likeness (QED) is 0.890. The number of urea groups is 1. The summed E-state index contributed by atoms with van der Waals surface area (Å²) in [6.45, 7) is 3.99. The lowest BCUT2D eigenvalue weighted by atomic mass is 10.0. The lowest BCUT2D eigenvalue weighted by Gasteiger charge is -2.29. The largest absolute Gasteiger partial charge is 0.331 e. The number of carbonyl (C=O) groups is 1. The summed E-state index contributed by atoms with van der Waals surface area (Å²) in [4.78, 5) is 17.8. The summed E-state index contributed by atoms with van der Waals surface area (Å²) in [5.74, 6) is 0.668. The number of hydrogen-bond acceptors (Lipinski definition) is 3. The monoisotopic (exact) mass is 349 g/mol. The Balaban J connectivity index is 1.40. The Labute approximate surface area is 146 Å². The fourth-order valence-corrected chi connectivity index (χ4v) is 5.25. The maximum absolute atomic E-state index is 14.0. The van der Waals surface area contributed by atoms with Crippen LogP contribution >= 0.6 is 11.8 Å². The van der Waals surface area contributed by atoms with Crippen molar-refractivity contribution in [2.75, 3.05) is 31.9 Å². The molecule has 3 aliphatic rings. The van der Waals surface area contributed by atoms with E-state index in [1.54, 1.807) is 17.8 Å². The van der Waals surface area contributed by atoms with Crippen LogP contribution in [0.1, 0.15) is 37.3 Å². The van der Waals surface area contributed by atoms with E-state index in [1.807, 2.05) is 11.0 Å². The van der Waals surface area contributed by atoms with Crippen molar-refractivity contribution < 1.29 is 9.18 Å². The molecule has 3 aliphatic heterocycles. The van der Waals surface area contributed by atoms with Gasteiger partial charge in [-0.05, 0) is 50.4 Å². The van der Waals surface area contributed by atoms with Gasteiger partial charge in [0.25, 0.3) is 0 Å². The van der Waals surface area contributed by atoms with Crippen LogP contribution in [0.5, 0.6) is 0 Å². The summed E-state index contributed by atoms with van der Waals surface area (Å²) in [5, 5.41) is 3.14. The van der Waals surface area contributed by atoms with E-state index in [9.17, 15) is 9.18 Å². The van der Waals surface area contributed by atoms with Crippen molar-refractivity contribution in [1.82, 2.24) is 15.1 Å². The van der Waals surface area contributed by atoms with Crippen LogP contribution in [0.2, 0.25) is 0 Å². The molecule has 0 radical (unpaired) electrons. The Hall–Kier alpha value is -1.27. The van der Waals surface area contributed by atoms with Gasteiger partial charge in [0.2, 0.25) is 0 Å². The third kappa shape index (κ3) is 3.14. The van der Waals surface area contributed by atoms with Gasteiger partial charge in [0.15, 0.2) is 0 Å². The molecule has 1 aromatic carbocycles. The zero-order valence-electron chi connectivity index (χ0n) is 13.8. The molecule has 24 heavy (non-hydrogen) atoms. The van der Waals surface area contributed by atoms with E-state index in [2.05, 4.69) is 10.2 Å². The van der Waals surface area contributed by atoms with Crippen molar-refractivity contribution in [2.24, 2.45) is 0 Å². The number of amides is 2. The molecule has 0 bridgehead atoms. The van der Waals surface area contributed by atoms with Crippen LogP contribution in [0.4, 0.5) is 9.18 Å². The van der Waals surface area contributed by atoms with Crippen molar-refractivity contribution in [1.29, 1.82) is 0 Å². The number of carbonyl (C=O) groups excluding carboxylic acids is 1. The molecule has 0 saturated carbocycles. The second kappa shape index (κ2) is 6.92. The van der Waals surface area contributed by atoms with E-state index in [0.717, 1.165) is 37.2 Å². The molecule has 4 rings (SSSR count). The van der Waals surface area contributed by atoms with Crippen LogP contribution in [0.15, 0.2) is 23.1 Å². The Bertz CT molecular complexity index is 620. The SMILES string of the molecule is O=C(N[C@H]1CCSc2c(F)cccc21)N1CC[C@@H](N2CCCC2)C1. The number of thioether (sulfide) groups is 1. The van der Waals surface area contributed by atoms with Gasteiger partial charge in [-0.15, -0.1) is 11.8 Å². The summed E-state index contributed by atoms with van der Waals surface area (Å²) >= 11 is 1.55. The number of nitrogens with zero attached hydrogens (tertiary/aromatic N) is 2. The molecule has 2 amide bonds. The van der Waals surface area contributed by atoms with Crippen LogP contribution in [0.25, 0.3) is 0 Å². The van der Waals surface area contributed by atoms with Gasteiger partial charge < -0.3 is 10.2 Å². The lowest BCUT2D eigenvalue weighted by Crippen LogP contribution is -2.43. The fraction of sp³-hybridized carbons (Fsp3) is 0.611. The predicted molar refractivity (Wildman–Crippen MR) is 93.8 cm³/mol. The molecule has 4 nitrogen and oxygen atoms in total. The van der Waals surface area contributed by atoms with Crippen molar-refractivity contribution in [2.45, 2.75) is 42.7 Å². The summed E-state index contributed by atoms with van der Waals surface area (Å²) in [7, 11) is 0. The first kappa shape index (κ1) is 16.2. The van der Waals surface area contributed by atoms with Crippen molar-refractivity contribution in [3.05, 3.63) is 29.6 Å². The van der Waals surface area contributed by atoms with Gasteiger partial charge in [-0.3, -0.25) is 4.90 Å². The molecule has 6 heteroatoms. The van der Waals surface area contributed by atoms with Gasteiger partial charge >= 0.3 is 6.03 Å². The minimum atomic E-state index is -0.174. The minimum Gasteiger partial charge on any atom is -0.331 e. The first-order valence-electron chi connectivity index (χ1n) is 8.93. The molecular formula is C18H24FN3OS. The standard InChI is InChI=1S/C18H24FN3OS/c19-15-5-3-4-14-16(7-11-24-17(14)15)20-18(23)22-10-6-13(12-22)21-8-1-2-9-21/h3-5,13,16H,1-2,6-12H2,(H,20,23)/t13-,16+/m1/s1. The molecule has 1 aromatic rings. The van der Waals surface area contributed by atoms with Gasteiger partial charge in [-0.25, -0.2) is 9.18 Å². The summed E-state index contributed by atoms with van der Waals surface area (Å²) in [6, 6.07) is 5.62. The highest BCUT2D eigenvalue weighted by Crippen LogP contribution is 2.37. The third-order valence-corrected chi connectivity index (χ3v) is 6.59. The molecule has 2 atom stereocenters. The Morgan fingerprint density at radius 1 is 1.21 bits per heavy atom. The highest BCUT2D eigenvalue weighted by Gasteiger charge is 2.33. The molecule has 2 saturated heterocycles. The maximum atomic E-state index is 14.0. The van der Waals surface area contributed by atoms with E-state index in [4.69, 9.17) is 0 Å². The van der Waals surface area contributed by atoms with E-state index in [1.165, 1.54) is 32.0 Å². The molecule has 130 valence electrons. The van der Waals surface area contributed by atoms with E-state index < -0.39 is 0 Å². The number of fused-ring (bicyclic) bond motifs is 1. The van der Waals surface area contributed by atoms with Crippen molar-refractivity contribution in [3.8, 4) is 0 Å². The summed E-state index contributed by atoms with van der Waals surface area (Å²) in [6.07, 6.45) is 4.49. The molecule has 0 unspecified atom stereocenters. The Morgan fingerprint density at radius 2 is 2.04 bits per heavy atom. The van der Waals surface area contributed by atoms with E-state index in [0.29, 0.717) is 10.9 Å². The minimum absolute atomic E-state index is 0.00353. The zero-order chi connectivity index (χ0) is 16.5. The average molecular weight is 349 g/mol. The van der Waals surface area contributed by atoms with Gasteiger partial charge in [0, 0.05) is 29.8 Å². The van der Waals surface area contributed by atoms with Gasteiger partial charge in [0.05, 0.1) is 6.04 Å². The normalized spacial score (nSPS) is 27.3. The summed E-state index contributed by atoms with van der Waals surface area (Å²) in [5.41, 5.74) is 0.926. The number of nitrogens with one attached hydrogen (secondary N) is 1. The second-order valence-corrected chi connectivity index (χ2v) is 8.03. The first-order chi connectivity index (χ1) is 11.7. The highest BCUT2D eigenvalue weighted by atomic mass is 32.2. The van der Waals surface area contributed by atoms with Crippen molar-refractivity contribution in [3.63, 3.8) is 0 Å². The number of halogens is 1. The predicted octanol–water partition coefficient (Wildman–Crippen LogP) is 3.24. The topological polar surface area (TPSA) is 35.6 Å². The number of likely N-dealkylation sites (tertiary alicyclic amines) is 2. The van der Waals surface area contributed by atoms with Crippen LogP contribution < -0.4 is 5.32 Å². The first-order valence-corrected chi connectivity index (χ1v) is 9.91. The van der Waals surface area contributed by atoms with Crippen LogP contribution in [0.3, 0.4) is 0 Å². The number of benzene rings is 1. The molecule has 1 N–H and O–H groups in total. The lowest BCUT2D eigenvalue weighted by molar-refractivity contribution is 0.194. The fourth-order valence-electron chi connectivity index (χ4n) is 4.11. The molecular weight excluding hydrogens is 325 g/mol. The van der Waals surface area contributed by atoms with Crippen LogP contribution in [-0.4, -0.2) is 53.8 Å². The number of hydrogen-bond donors (Lipinski definition) is 1. The molecule has 0 aromatic heterocycles. The molecule has 0 spiro atoms. The smallest absolute Gasteiger partial charge is 0.317 e. The average Bonchev–Trinajstić information content (AvgIpc) is 3.27. The summed E-state index contributed by atoms with van der Waals surface area (Å²) < 4.78 is 14.0. The zero-order valence-corrected chi connectivity index (χ0v) is 14.7. The Kier molecular flexibility index (Phi) is 4.68. The molecule has 0 aliphatic carbocycles. The van der Waals surface area contributed by atoms with Crippen LogP contribution in [0, 0.1) is 5.82 Å². The highest BCUT2D eigenvalue weighted by molar-refractivity contribution is 7.99. The van der Waals surface area contributed by atoms with E-state index in [-0.39, 0.29) is 17.9 Å². The van der Waals surface area contributed by atoms with Gasteiger partial charge in [-0.2, -0.15) is 0 Å². The van der Waals surface area contributed by atoms with E-state index >= 15 is 0 Å². The third-order valence-electron chi connectivity index (χ3n) is 5.43. The van der Waals surface area contributed by atoms with Crippen molar-refractivity contribution >= 4 is 17.8 Å². The number of rotatable bonds is 2. The second-order valence-electron chi connectivity index (χ2n) is 6.93. The van der Waals surface area contributed by atoms with Crippen LogP contribution in [-0.2, 0) is 0 Å².